The average molecular weight is 248 g/mol. The van der Waals surface area contributed by atoms with Gasteiger partial charge < -0.3 is 10.4 Å². The number of carbonyl (C=O) groups is 1. The second kappa shape index (κ2) is 5.40. The van der Waals surface area contributed by atoms with Crippen molar-refractivity contribution in [1.82, 2.24) is 4.90 Å². The Morgan fingerprint density at radius 1 is 1.22 bits per heavy atom. The van der Waals surface area contributed by atoms with Gasteiger partial charge in [0.25, 0.3) is 0 Å². The van der Waals surface area contributed by atoms with E-state index in [-0.39, 0.29) is 0 Å². The number of para-hydroxylation sites is 1. The molecule has 0 amide bonds. The normalized spacial score (nSPS) is 20.1. The van der Waals surface area contributed by atoms with Crippen LogP contribution in [0.2, 0.25) is 0 Å². The Morgan fingerprint density at radius 2 is 1.83 bits per heavy atom. The van der Waals surface area contributed by atoms with Crippen LogP contribution in [0.5, 0.6) is 0 Å². The van der Waals surface area contributed by atoms with Gasteiger partial charge in [-0.25, -0.2) is 4.79 Å². The molecule has 1 aliphatic rings. The fraction of sp³-hybridized carbons (Fsp3) is 0.500. The Balaban J connectivity index is 2.18. The van der Waals surface area contributed by atoms with Crippen LogP contribution < -0.4 is 5.32 Å². The zero-order valence-electron chi connectivity index (χ0n) is 10.7. The molecular weight excluding hydrogens is 228 g/mol. The molecule has 0 aliphatic carbocycles. The Labute approximate surface area is 108 Å². The number of nitrogens with one attached hydrogen (secondary N) is 1. The van der Waals surface area contributed by atoms with Gasteiger partial charge in [-0.05, 0) is 31.9 Å². The van der Waals surface area contributed by atoms with Gasteiger partial charge in [0, 0.05) is 18.8 Å². The molecule has 18 heavy (non-hydrogen) atoms. The first-order chi connectivity index (χ1) is 8.63. The van der Waals surface area contributed by atoms with Gasteiger partial charge in [-0.3, -0.25) is 4.90 Å². The van der Waals surface area contributed by atoms with E-state index in [2.05, 4.69) is 5.32 Å². The molecule has 2 rings (SSSR count). The quantitative estimate of drug-likeness (QED) is 0.859. The minimum absolute atomic E-state index is 0.826. The lowest BCUT2D eigenvalue weighted by atomic mass is 10.0. The Bertz CT molecular complexity index is 402. The molecule has 4 heteroatoms. The van der Waals surface area contributed by atoms with Crippen LogP contribution in [0.1, 0.15) is 26.2 Å². The van der Waals surface area contributed by atoms with Crippen molar-refractivity contribution >= 4 is 11.7 Å². The number of aliphatic carboxylic acids is 1. The molecule has 0 bridgehead atoms. The monoisotopic (exact) mass is 248 g/mol. The highest BCUT2D eigenvalue weighted by atomic mass is 16.4. The molecule has 98 valence electrons. The molecule has 1 unspecified atom stereocenters. The summed E-state index contributed by atoms with van der Waals surface area (Å²) in [5.74, 6) is -0.826. The first kappa shape index (κ1) is 12.9. The van der Waals surface area contributed by atoms with E-state index in [9.17, 15) is 9.90 Å². The van der Waals surface area contributed by atoms with Crippen molar-refractivity contribution in [2.75, 3.05) is 18.4 Å². The fourth-order valence-electron chi connectivity index (χ4n) is 2.41. The van der Waals surface area contributed by atoms with E-state index in [1.54, 1.807) is 6.92 Å². The zero-order valence-corrected chi connectivity index (χ0v) is 10.7. The largest absolute Gasteiger partial charge is 0.478 e. The molecule has 1 aromatic rings. The Morgan fingerprint density at radius 3 is 2.39 bits per heavy atom. The van der Waals surface area contributed by atoms with E-state index in [4.69, 9.17) is 0 Å². The number of benzene rings is 1. The maximum absolute atomic E-state index is 11.6. The molecule has 2 N–H and O–H groups in total. The number of piperidine rings is 1. The third-order valence-electron chi connectivity index (χ3n) is 3.57. The van der Waals surface area contributed by atoms with Crippen molar-refractivity contribution in [3.05, 3.63) is 30.3 Å². The van der Waals surface area contributed by atoms with Crippen molar-refractivity contribution in [1.29, 1.82) is 0 Å². The summed E-state index contributed by atoms with van der Waals surface area (Å²) in [5.41, 5.74) is -0.185. The van der Waals surface area contributed by atoms with Gasteiger partial charge in [0.15, 0.2) is 5.66 Å². The second-order valence-corrected chi connectivity index (χ2v) is 4.92. The number of hydrogen-bond acceptors (Lipinski definition) is 3. The first-order valence-corrected chi connectivity index (χ1v) is 6.44. The highest BCUT2D eigenvalue weighted by molar-refractivity contribution is 5.81. The SMILES string of the molecule is CC(Nc1ccccc1)(C(=O)O)N1CCCCC1. The van der Waals surface area contributed by atoms with Crippen molar-refractivity contribution < 1.29 is 9.90 Å². The predicted molar refractivity (Wildman–Crippen MR) is 71.5 cm³/mol. The Kier molecular flexibility index (Phi) is 3.87. The number of carboxylic acids is 1. The molecule has 1 aliphatic heterocycles. The van der Waals surface area contributed by atoms with Crippen LogP contribution in [0.4, 0.5) is 5.69 Å². The maximum atomic E-state index is 11.6. The summed E-state index contributed by atoms with van der Waals surface area (Å²) < 4.78 is 0. The number of carboxylic acid groups (broad SMARTS) is 1. The smallest absolute Gasteiger partial charge is 0.344 e. The molecule has 4 nitrogen and oxygen atoms in total. The second-order valence-electron chi connectivity index (χ2n) is 4.92. The van der Waals surface area contributed by atoms with Crippen LogP contribution in [0.25, 0.3) is 0 Å². The molecule has 0 radical (unpaired) electrons. The minimum atomic E-state index is -1.03. The van der Waals surface area contributed by atoms with Crippen molar-refractivity contribution in [2.24, 2.45) is 0 Å². The van der Waals surface area contributed by atoms with Gasteiger partial charge in [0.1, 0.15) is 0 Å². The van der Waals surface area contributed by atoms with Crippen molar-refractivity contribution in [3.8, 4) is 0 Å². The van der Waals surface area contributed by atoms with Crippen molar-refractivity contribution in [3.63, 3.8) is 0 Å². The number of anilines is 1. The van der Waals surface area contributed by atoms with Crippen LogP contribution >= 0.6 is 0 Å². The molecule has 1 atom stereocenters. The van der Waals surface area contributed by atoms with Gasteiger partial charge in [-0.15, -0.1) is 0 Å². The number of hydrogen-bond donors (Lipinski definition) is 2. The summed E-state index contributed by atoms with van der Waals surface area (Å²) in [6.45, 7) is 3.42. The third-order valence-corrected chi connectivity index (χ3v) is 3.57. The highest BCUT2D eigenvalue weighted by Gasteiger charge is 2.39. The summed E-state index contributed by atoms with van der Waals surface area (Å²) >= 11 is 0. The minimum Gasteiger partial charge on any atom is -0.478 e. The number of rotatable bonds is 4. The lowest BCUT2D eigenvalue weighted by Crippen LogP contribution is -2.59. The molecule has 1 aromatic carbocycles. The summed E-state index contributed by atoms with van der Waals surface area (Å²) in [7, 11) is 0. The maximum Gasteiger partial charge on any atom is 0.344 e. The van der Waals surface area contributed by atoms with E-state index >= 15 is 0 Å². The van der Waals surface area contributed by atoms with E-state index in [0.717, 1.165) is 31.6 Å². The van der Waals surface area contributed by atoms with Gasteiger partial charge in [0.05, 0.1) is 0 Å². The average Bonchev–Trinajstić information content (AvgIpc) is 2.40. The van der Waals surface area contributed by atoms with Crippen LogP contribution in [0, 0.1) is 0 Å². The molecule has 1 heterocycles. The zero-order chi connectivity index (χ0) is 13.0. The first-order valence-electron chi connectivity index (χ1n) is 6.44. The summed E-state index contributed by atoms with van der Waals surface area (Å²) in [6, 6.07) is 9.52. The molecule has 0 spiro atoms. The van der Waals surface area contributed by atoms with Gasteiger partial charge in [-0.2, -0.15) is 0 Å². The third kappa shape index (κ3) is 2.64. The van der Waals surface area contributed by atoms with Crippen LogP contribution in [0.15, 0.2) is 30.3 Å². The predicted octanol–water partition coefficient (Wildman–Crippen LogP) is 2.39. The van der Waals surface area contributed by atoms with Crippen LogP contribution in [-0.4, -0.2) is 34.7 Å². The lowest BCUT2D eigenvalue weighted by molar-refractivity contribution is -0.149. The summed E-state index contributed by atoms with van der Waals surface area (Å²) in [4.78, 5) is 13.6. The molecule has 0 aromatic heterocycles. The summed E-state index contributed by atoms with van der Waals surface area (Å²) in [5, 5.41) is 12.7. The molecular formula is C14H20N2O2. The van der Waals surface area contributed by atoms with Crippen molar-refractivity contribution in [2.45, 2.75) is 31.8 Å². The standard InChI is InChI=1S/C14H20N2O2/c1-14(13(17)18,16-10-6-3-7-11-16)15-12-8-4-2-5-9-12/h2,4-5,8-9,15H,3,6-7,10-11H2,1H3,(H,17,18). The molecule has 0 saturated carbocycles. The van der Waals surface area contributed by atoms with Gasteiger partial charge in [-0.1, -0.05) is 24.6 Å². The molecule has 1 fully saturated rings. The topological polar surface area (TPSA) is 52.6 Å². The van der Waals surface area contributed by atoms with E-state index < -0.39 is 11.6 Å². The van der Waals surface area contributed by atoms with Crippen LogP contribution in [-0.2, 0) is 4.79 Å². The highest BCUT2D eigenvalue weighted by Crippen LogP contribution is 2.23. The van der Waals surface area contributed by atoms with E-state index in [1.807, 2.05) is 35.2 Å². The van der Waals surface area contributed by atoms with Gasteiger partial charge >= 0.3 is 5.97 Å². The Hall–Kier alpha value is -1.55. The van der Waals surface area contributed by atoms with E-state index in [1.165, 1.54) is 6.42 Å². The number of likely N-dealkylation sites (tertiary alicyclic amines) is 1. The lowest BCUT2D eigenvalue weighted by Gasteiger charge is -2.41. The fourth-order valence-corrected chi connectivity index (χ4v) is 2.41. The van der Waals surface area contributed by atoms with E-state index in [0.29, 0.717) is 0 Å². The van der Waals surface area contributed by atoms with Crippen LogP contribution in [0.3, 0.4) is 0 Å². The molecule has 1 saturated heterocycles. The van der Waals surface area contributed by atoms with Gasteiger partial charge in [0.2, 0.25) is 0 Å². The number of nitrogens with zero attached hydrogens (tertiary/aromatic N) is 1. The summed E-state index contributed by atoms with van der Waals surface area (Å²) in [6.07, 6.45) is 3.33.